The molecule has 1 amide bonds. The van der Waals surface area contributed by atoms with E-state index in [1.807, 2.05) is 31.2 Å². The predicted octanol–water partition coefficient (Wildman–Crippen LogP) is 5.53. The Kier molecular flexibility index (Phi) is 6.45. The summed E-state index contributed by atoms with van der Waals surface area (Å²) in [6, 6.07) is 15.1. The average molecular weight is 472 g/mol. The van der Waals surface area contributed by atoms with Crippen molar-refractivity contribution in [3.8, 4) is 17.1 Å². The summed E-state index contributed by atoms with van der Waals surface area (Å²) in [5, 5.41) is 10.7. The van der Waals surface area contributed by atoms with Crippen molar-refractivity contribution in [1.82, 2.24) is 14.8 Å². The number of anilines is 1. The highest BCUT2D eigenvalue weighted by Crippen LogP contribution is 2.30. The maximum Gasteiger partial charge on any atom is 0.234 e. The van der Waals surface area contributed by atoms with Crippen LogP contribution < -0.4 is 5.32 Å². The lowest BCUT2D eigenvalue weighted by molar-refractivity contribution is -0.113. The summed E-state index contributed by atoms with van der Waals surface area (Å²) in [6.45, 7) is 1.92. The monoisotopic (exact) mass is 472 g/mol. The van der Waals surface area contributed by atoms with Crippen molar-refractivity contribution in [2.45, 2.75) is 12.1 Å². The van der Waals surface area contributed by atoms with Gasteiger partial charge in [0.05, 0.1) is 17.0 Å². The van der Waals surface area contributed by atoms with Crippen LogP contribution in [0.5, 0.6) is 0 Å². The van der Waals surface area contributed by atoms with E-state index in [-0.39, 0.29) is 22.3 Å². The molecule has 0 saturated carbocycles. The number of nitrogens with zero attached hydrogens (tertiary/aromatic N) is 3. The number of halogens is 4. The minimum atomic E-state index is -1.67. The molecule has 0 radical (unpaired) electrons. The second kappa shape index (κ2) is 9.45. The zero-order chi connectivity index (χ0) is 23.5. The molecule has 0 aliphatic carbocycles. The van der Waals surface area contributed by atoms with Gasteiger partial charge in [0.25, 0.3) is 0 Å². The first kappa shape index (κ1) is 22.5. The Labute approximate surface area is 190 Å². The smallest absolute Gasteiger partial charge is 0.234 e. The van der Waals surface area contributed by atoms with E-state index in [0.717, 1.165) is 29.5 Å². The van der Waals surface area contributed by atoms with Crippen molar-refractivity contribution in [2.24, 2.45) is 0 Å². The highest BCUT2D eigenvalue weighted by atomic mass is 32.2. The van der Waals surface area contributed by atoms with Crippen LogP contribution in [0, 0.1) is 30.2 Å². The minimum Gasteiger partial charge on any atom is -0.323 e. The summed E-state index contributed by atoms with van der Waals surface area (Å²) in [6.07, 6.45) is 0. The molecule has 0 fully saturated rings. The third-order valence-corrected chi connectivity index (χ3v) is 5.61. The SMILES string of the molecule is Cc1ccc(-n2c(SCC(=O)Nc3ccc(F)c(F)c3F)nnc2-c2ccccc2F)cc1. The van der Waals surface area contributed by atoms with E-state index in [4.69, 9.17) is 0 Å². The topological polar surface area (TPSA) is 59.8 Å². The van der Waals surface area contributed by atoms with Gasteiger partial charge in [-0.3, -0.25) is 9.36 Å². The van der Waals surface area contributed by atoms with Crippen molar-refractivity contribution in [2.75, 3.05) is 11.1 Å². The van der Waals surface area contributed by atoms with Gasteiger partial charge in [-0.25, -0.2) is 17.6 Å². The summed E-state index contributed by atoms with van der Waals surface area (Å²) < 4.78 is 56.4. The first-order valence-electron chi connectivity index (χ1n) is 9.68. The standard InChI is InChI=1S/C23H16F4N4OS/c1-13-6-8-14(9-7-13)31-22(15-4-2-3-5-16(15)24)29-30-23(31)33-12-19(32)28-18-11-10-17(25)20(26)21(18)27/h2-11H,12H2,1H3,(H,28,32). The lowest BCUT2D eigenvalue weighted by Crippen LogP contribution is -2.16. The van der Waals surface area contributed by atoms with E-state index in [1.54, 1.807) is 22.8 Å². The largest absolute Gasteiger partial charge is 0.323 e. The molecule has 10 heteroatoms. The second-order valence-corrected chi connectivity index (χ2v) is 7.96. The lowest BCUT2D eigenvalue weighted by atomic mass is 10.2. The number of amides is 1. The zero-order valence-electron chi connectivity index (χ0n) is 17.2. The Morgan fingerprint density at radius 1 is 0.909 bits per heavy atom. The molecule has 0 aliphatic rings. The van der Waals surface area contributed by atoms with Gasteiger partial charge in [0, 0.05) is 5.69 Å². The van der Waals surface area contributed by atoms with Crippen LogP contribution in [0.25, 0.3) is 17.1 Å². The first-order chi connectivity index (χ1) is 15.8. The minimum absolute atomic E-state index is 0.228. The summed E-state index contributed by atoms with van der Waals surface area (Å²) in [7, 11) is 0. The van der Waals surface area contributed by atoms with E-state index in [9.17, 15) is 22.4 Å². The molecule has 4 aromatic rings. The highest BCUT2D eigenvalue weighted by molar-refractivity contribution is 7.99. The Hall–Kier alpha value is -3.66. The van der Waals surface area contributed by atoms with E-state index in [1.165, 1.54) is 6.07 Å². The summed E-state index contributed by atoms with van der Waals surface area (Å²) in [5.41, 5.74) is 1.41. The van der Waals surface area contributed by atoms with Crippen LogP contribution >= 0.6 is 11.8 Å². The van der Waals surface area contributed by atoms with Gasteiger partial charge in [-0.05, 0) is 43.3 Å². The molecule has 1 N–H and O–H groups in total. The summed E-state index contributed by atoms with van der Waals surface area (Å²) >= 11 is 0.973. The summed E-state index contributed by atoms with van der Waals surface area (Å²) in [5.74, 6) is -5.66. The van der Waals surface area contributed by atoms with Crippen LogP contribution in [0.1, 0.15) is 5.56 Å². The number of rotatable bonds is 6. The van der Waals surface area contributed by atoms with Crippen molar-refractivity contribution in [3.05, 3.63) is 89.5 Å². The van der Waals surface area contributed by atoms with Crippen LogP contribution in [0.2, 0.25) is 0 Å². The van der Waals surface area contributed by atoms with Gasteiger partial charge in [-0.2, -0.15) is 0 Å². The van der Waals surface area contributed by atoms with Gasteiger partial charge >= 0.3 is 0 Å². The van der Waals surface area contributed by atoms with E-state index >= 15 is 0 Å². The van der Waals surface area contributed by atoms with Gasteiger partial charge in [-0.15, -0.1) is 10.2 Å². The van der Waals surface area contributed by atoms with Gasteiger partial charge in [0.2, 0.25) is 5.91 Å². The fraction of sp³-hybridized carbons (Fsp3) is 0.0870. The molecule has 5 nitrogen and oxygen atoms in total. The number of benzene rings is 3. The molecule has 0 unspecified atom stereocenters. The molecule has 0 spiro atoms. The molecular weight excluding hydrogens is 456 g/mol. The fourth-order valence-electron chi connectivity index (χ4n) is 3.05. The molecule has 1 aromatic heterocycles. The fourth-order valence-corrected chi connectivity index (χ4v) is 3.80. The Bertz CT molecular complexity index is 1320. The number of aromatic nitrogens is 3. The quantitative estimate of drug-likeness (QED) is 0.228. The zero-order valence-corrected chi connectivity index (χ0v) is 18.0. The predicted molar refractivity (Wildman–Crippen MR) is 117 cm³/mol. The maximum atomic E-state index is 14.5. The van der Waals surface area contributed by atoms with Gasteiger partial charge in [0.1, 0.15) is 5.82 Å². The normalized spacial score (nSPS) is 10.9. The molecule has 0 aliphatic heterocycles. The number of hydrogen-bond acceptors (Lipinski definition) is 4. The first-order valence-corrected chi connectivity index (χ1v) is 10.7. The van der Waals surface area contributed by atoms with Crippen LogP contribution in [0.4, 0.5) is 23.2 Å². The molecule has 0 saturated heterocycles. The molecule has 33 heavy (non-hydrogen) atoms. The third kappa shape index (κ3) is 4.75. The molecule has 1 heterocycles. The molecule has 168 valence electrons. The van der Waals surface area contributed by atoms with Crippen LogP contribution in [-0.4, -0.2) is 26.4 Å². The van der Waals surface area contributed by atoms with Crippen molar-refractivity contribution in [3.63, 3.8) is 0 Å². The van der Waals surface area contributed by atoms with Crippen LogP contribution in [0.3, 0.4) is 0 Å². The second-order valence-electron chi connectivity index (χ2n) is 7.02. The van der Waals surface area contributed by atoms with Gasteiger partial charge in [-0.1, -0.05) is 41.6 Å². The Balaban J connectivity index is 1.61. The van der Waals surface area contributed by atoms with Crippen LogP contribution in [-0.2, 0) is 4.79 Å². The Morgan fingerprint density at radius 3 is 2.36 bits per heavy atom. The molecule has 4 rings (SSSR count). The van der Waals surface area contributed by atoms with Gasteiger partial charge in [0.15, 0.2) is 28.4 Å². The van der Waals surface area contributed by atoms with Crippen LogP contribution in [0.15, 0.2) is 65.8 Å². The average Bonchev–Trinajstić information content (AvgIpc) is 3.22. The van der Waals surface area contributed by atoms with Crippen molar-refractivity contribution in [1.29, 1.82) is 0 Å². The van der Waals surface area contributed by atoms with E-state index in [0.29, 0.717) is 5.69 Å². The number of carbonyl (C=O) groups excluding carboxylic acids is 1. The number of hydrogen-bond donors (Lipinski definition) is 1. The van der Waals surface area contributed by atoms with Crippen molar-refractivity contribution >= 4 is 23.4 Å². The molecule has 0 atom stereocenters. The highest BCUT2D eigenvalue weighted by Gasteiger charge is 2.20. The van der Waals surface area contributed by atoms with Gasteiger partial charge < -0.3 is 5.32 Å². The molecule has 3 aromatic carbocycles. The number of nitrogens with one attached hydrogen (secondary N) is 1. The lowest BCUT2D eigenvalue weighted by Gasteiger charge is -2.11. The molecule has 0 bridgehead atoms. The number of carbonyl (C=O) groups is 1. The third-order valence-electron chi connectivity index (χ3n) is 4.68. The van der Waals surface area contributed by atoms with Crippen molar-refractivity contribution < 1.29 is 22.4 Å². The number of aryl methyl sites for hydroxylation is 1. The number of thioether (sulfide) groups is 1. The van der Waals surface area contributed by atoms with E-state index in [2.05, 4.69) is 15.5 Å². The molecular formula is C23H16F4N4OS. The summed E-state index contributed by atoms with van der Waals surface area (Å²) in [4.78, 5) is 12.3. The maximum absolute atomic E-state index is 14.5. The van der Waals surface area contributed by atoms with E-state index < -0.39 is 34.9 Å². The Morgan fingerprint density at radius 2 is 1.64 bits per heavy atom.